The zero-order valence-electron chi connectivity index (χ0n) is 10.3. The third-order valence-electron chi connectivity index (χ3n) is 3.32. The van der Waals surface area contributed by atoms with Crippen LogP contribution >= 0.6 is 11.8 Å². The minimum atomic E-state index is -0.957. The van der Waals surface area contributed by atoms with E-state index in [1.54, 1.807) is 0 Å². The first-order chi connectivity index (χ1) is 8.47. The standard InChI is InChI=1S/C12H14BNO3S/c1-12(8-5-3-2-4-6-8)9(10(15)16)14(7-18-12)11(13)17/h2-6,9H,7,13H2,1H3,(H,15,16). The molecule has 1 aromatic carbocycles. The van der Waals surface area contributed by atoms with Gasteiger partial charge in [0.1, 0.15) is 6.04 Å². The van der Waals surface area contributed by atoms with Gasteiger partial charge in [-0.25, -0.2) is 4.79 Å². The molecule has 0 saturated carbocycles. The summed E-state index contributed by atoms with van der Waals surface area (Å²) >= 11 is 1.49. The predicted molar refractivity (Wildman–Crippen MR) is 73.5 cm³/mol. The number of nitrogens with zero attached hydrogens (tertiary/aromatic N) is 1. The van der Waals surface area contributed by atoms with Gasteiger partial charge >= 0.3 is 5.97 Å². The molecule has 0 aliphatic carbocycles. The minimum Gasteiger partial charge on any atom is -0.480 e. The average molecular weight is 263 g/mol. The van der Waals surface area contributed by atoms with Crippen LogP contribution in [-0.2, 0) is 9.54 Å². The molecule has 1 saturated heterocycles. The van der Waals surface area contributed by atoms with E-state index in [0.717, 1.165) is 5.56 Å². The number of amides is 1. The van der Waals surface area contributed by atoms with Crippen LogP contribution in [0.25, 0.3) is 0 Å². The second-order valence-corrected chi connectivity index (χ2v) is 5.87. The largest absolute Gasteiger partial charge is 0.480 e. The fourth-order valence-corrected chi connectivity index (χ4v) is 3.73. The summed E-state index contributed by atoms with van der Waals surface area (Å²) in [5.41, 5.74) is 0.936. The maximum absolute atomic E-state index is 11.5. The minimum absolute atomic E-state index is 0.199. The number of carbonyl (C=O) groups excluding carboxylic acids is 1. The van der Waals surface area contributed by atoms with Gasteiger partial charge in [0, 0.05) is 0 Å². The lowest BCUT2D eigenvalue weighted by Crippen LogP contribution is -2.48. The van der Waals surface area contributed by atoms with Crippen molar-refractivity contribution >= 4 is 31.4 Å². The predicted octanol–water partition coefficient (Wildman–Crippen LogP) is 1.11. The van der Waals surface area contributed by atoms with E-state index in [9.17, 15) is 14.7 Å². The Morgan fingerprint density at radius 3 is 2.56 bits per heavy atom. The summed E-state index contributed by atoms with van der Waals surface area (Å²) in [6, 6.07) is 8.67. The van der Waals surface area contributed by atoms with Crippen molar-refractivity contribution < 1.29 is 14.7 Å². The number of benzene rings is 1. The van der Waals surface area contributed by atoms with Crippen LogP contribution in [0.1, 0.15) is 12.5 Å². The lowest BCUT2D eigenvalue weighted by atomic mass is 9.90. The van der Waals surface area contributed by atoms with Gasteiger partial charge in [0.15, 0.2) is 5.81 Å². The lowest BCUT2D eigenvalue weighted by Gasteiger charge is -2.31. The first-order valence-electron chi connectivity index (χ1n) is 5.66. The molecule has 1 fully saturated rings. The molecule has 1 aromatic rings. The molecule has 2 atom stereocenters. The molecule has 1 amide bonds. The molecular formula is C12H14BNO3S. The molecule has 2 rings (SSSR count). The Bertz CT molecular complexity index is 481. The molecule has 1 aliphatic heterocycles. The van der Waals surface area contributed by atoms with Crippen LogP contribution in [0.15, 0.2) is 30.3 Å². The van der Waals surface area contributed by atoms with Gasteiger partial charge < -0.3 is 10.0 Å². The third kappa shape index (κ3) is 2.01. The average Bonchev–Trinajstić information content (AvgIpc) is 2.70. The van der Waals surface area contributed by atoms with Gasteiger partial charge in [-0.2, -0.15) is 0 Å². The number of thioether (sulfide) groups is 1. The van der Waals surface area contributed by atoms with Crippen molar-refractivity contribution in [2.75, 3.05) is 5.88 Å². The molecule has 0 aromatic heterocycles. The summed E-state index contributed by atoms with van der Waals surface area (Å²) in [6.45, 7) is 1.88. The Balaban J connectivity index is 2.44. The molecule has 1 heterocycles. The van der Waals surface area contributed by atoms with Crippen molar-refractivity contribution in [1.29, 1.82) is 0 Å². The van der Waals surface area contributed by atoms with E-state index in [-0.39, 0.29) is 5.81 Å². The van der Waals surface area contributed by atoms with E-state index in [1.165, 1.54) is 24.5 Å². The number of carboxylic acid groups (broad SMARTS) is 1. The first kappa shape index (κ1) is 13.0. The van der Waals surface area contributed by atoms with Crippen LogP contribution in [-0.4, -0.2) is 41.5 Å². The number of aliphatic carboxylic acids is 1. The maximum atomic E-state index is 11.5. The number of carboxylic acids is 1. The highest BCUT2D eigenvalue weighted by Gasteiger charge is 2.51. The van der Waals surface area contributed by atoms with Crippen LogP contribution < -0.4 is 0 Å². The van der Waals surface area contributed by atoms with E-state index in [2.05, 4.69) is 0 Å². The third-order valence-corrected chi connectivity index (χ3v) is 4.79. The van der Waals surface area contributed by atoms with E-state index in [4.69, 9.17) is 0 Å². The zero-order chi connectivity index (χ0) is 13.3. The normalized spacial score (nSPS) is 27.2. The second-order valence-electron chi connectivity index (χ2n) is 4.48. The molecule has 1 N–H and O–H groups in total. The van der Waals surface area contributed by atoms with Crippen molar-refractivity contribution in [3.05, 3.63) is 35.9 Å². The van der Waals surface area contributed by atoms with Crippen molar-refractivity contribution in [1.82, 2.24) is 4.90 Å². The van der Waals surface area contributed by atoms with E-state index >= 15 is 0 Å². The van der Waals surface area contributed by atoms with Gasteiger partial charge in [-0.1, -0.05) is 30.3 Å². The Kier molecular flexibility index (Phi) is 3.39. The highest BCUT2D eigenvalue weighted by atomic mass is 32.2. The van der Waals surface area contributed by atoms with Crippen molar-refractivity contribution in [3.8, 4) is 0 Å². The lowest BCUT2D eigenvalue weighted by molar-refractivity contribution is -0.142. The number of hydrogen-bond acceptors (Lipinski definition) is 3. The molecule has 0 radical (unpaired) electrons. The van der Waals surface area contributed by atoms with Crippen LogP contribution in [0.5, 0.6) is 0 Å². The number of rotatable bonds is 2. The molecule has 2 unspecified atom stereocenters. The number of carbonyl (C=O) groups is 2. The van der Waals surface area contributed by atoms with Gasteiger partial charge in [0.05, 0.1) is 10.6 Å². The Hall–Kier alpha value is -1.43. The highest BCUT2D eigenvalue weighted by Crippen LogP contribution is 2.47. The molecule has 94 valence electrons. The maximum Gasteiger partial charge on any atom is 0.328 e. The number of hydrogen-bond donors (Lipinski definition) is 1. The SMILES string of the molecule is BC(=O)N1CSC(C)(c2ccccc2)C1C(=O)O. The molecule has 18 heavy (non-hydrogen) atoms. The summed E-state index contributed by atoms with van der Waals surface area (Å²) < 4.78 is -0.598. The van der Waals surface area contributed by atoms with Crippen molar-refractivity contribution in [2.45, 2.75) is 17.7 Å². The van der Waals surface area contributed by atoms with Gasteiger partial charge in [-0.3, -0.25) is 4.79 Å². The summed E-state index contributed by atoms with van der Waals surface area (Å²) in [5.74, 6) is -0.742. The molecule has 4 nitrogen and oxygen atoms in total. The quantitative estimate of drug-likeness (QED) is 0.812. The van der Waals surface area contributed by atoms with E-state index in [1.807, 2.05) is 37.3 Å². The second kappa shape index (κ2) is 4.68. The fraction of sp³-hybridized carbons (Fsp3) is 0.333. The fourth-order valence-electron chi connectivity index (χ4n) is 2.31. The van der Waals surface area contributed by atoms with Gasteiger partial charge in [-0.15, -0.1) is 11.8 Å². The van der Waals surface area contributed by atoms with Crippen molar-refractivity contribution in [3.63, 3.8) is 0 Å². The molecule has 6 heteroatoms. The zero-order valence-corrected chi connectivity index (χ0v) is 11.1. The van der Waals surface area contributed by atoms with Crippen molar-refractivity contribution in [2.24, 2.45) is 0 Å². The molecular weight excluding hydrogens is 249 g/mol. The smallest absolute Gasteiger partial charge is 0.328 e. The summed E-state index contributed by atoms with van der Waals surface area (Å²) in [7, 11) is 1.41. The molecule has 1 aliphatic rings. The van der Waals surface area contributed by atoms with Crippen LogP contribution in [0.4, 0.5) is 4.79 Å². The summed E-state index contributed by atoms with van der Waals surface area (Å²) in [4.78, 5) is 24.4. The Labute approximate surface area is 111 Å². The van der Waals surface area contributed by atoms with E-state index < -0.39 is 16.8 Å². The van der Waals surface area contributed by atoms with Crippen LogP contribution in [0.3, 0.4) is 0 Å². The molecule has 0 spiro atoms. The van der Waals surface area contributed by atoms with E-state index in [0.29, 0.717) is 5.88 Å². The topological polar surface area (TPSA) is 57.6 Å². The Morgan fingerprint density at radius 2 is 2.06 bits per heavy atom. The summed E-state index contributed by atoms with van der Waals surface area (Å²) in [5, 5.41) is 9.42. The van der Waals surface area contributed by atoms with Crippen LogP contribution in [0, 0.1) is 0 Å². The molecule has 0 bridgehead atoms. The van der Waals surface area contributed by atoms with Gasteiger partial charge in [-0.05, 0) is 12.5 Å². The summed E-state index contributed by atoms with van der Waals surface area (Å²) in [6.07, 6.45) is 0. The highest BCUT2D eigenvalue weighted by molar-refractivity contribution is 8.00. The van der Waals surface area contributed by atoms with Gasteiger partial charge in [0.25, 0.3) is 0 Å². The first-order valence-corrected chi connectivity index (χ1v) is 6.65. The van der Waals surface area contributed by atoms with Crippen LogP contribution in [0.2, 0.25) is 0 Å². The van der Waals surface area contributed by atoms with Gasteiger partial charge in [0.2, 0.25) is 7.85 Å². The monoisotopic (exact) mass is 263 g/mol. The Morgan fingerprint density at radius 1 is 1.44 bits per heavy atom.